The zero-order chi connectivity index (χ0) is 15.5. The molecule has 3 heterocycles. The molecule has 2 aromatic heterocycles. The number of hydrogen-bond donors (Lipinski definition) is 1. The summed E-state index contributed by atoms with van der Waals surface area (Å²) in [6, 6.07) is 4.47. The Hall–Kier alpha value is -2.39. The minimum Gasteiger partial charge on any atom is -0.367 e. The molecule has 0 radical (unpaired) electrons. The van der Waals surface area contributed by atoms with Gasteiger partial charge in [-0.25, -0.2) is 4.98 Å². The van der Waals surface area contributed by atoms with Crippen molar-refractivity contribution in [1.29, 1.82) is 5.26 Å². The van der Waals surface area contributed by atoms with Crippen LogP contribution in [0.2, 0.25) is 0 Å². The third-order valence-corrected chi connectivity index (χ3v) is 4.21. The molecule has 114 valence electrons. The van der Waals surface area contributed by atoms with Crippen LogP contribution in [-0.2, 0) is 0 Å². The first kappa shape index (κ1) is 14.5. The lowest BCUT2D eigenvalue weighted by Gasteiger charge is -2.41. The Kier molecular flexibility index (Phi) is 4.07. The van der Waals surface area contributed by atoms with E-state index in [1.165, 1.54) is 0 Å². The van der Waals surface area contributed by atoms with Gasteiger partial charge in [0.2, 0.25) is 0 Å². The molecule has 1 atom stereocenters. The van der Waals surface area contributed by atoms with Gasteiger partial charge in [0.1, 0.15) is 11.9 Å². The molecule has 1 saturated heterocycles. The number of rotatable bonds is 3. The zero-order valence-electron chi connectivity index (χ0n) is 13.0. The largest absolute Gasteiger partial charge is 0.367 e. The van der Waals surface area contributed by atoms with E-state index >= 15 is 0 Å². The highest BCUT2D eigenvalue weighted by Crippen LogP contribution is 2.28. The minimum atomic E-state index is 0.216. The van der Waals surface area contributed by atoms with Crippen molar-refractivity contribution in [3.63, 3.8) is 0 Å². The summed E-state index contributed by atoms with van der Waals surface area (Å²) >= 11 is 0. The molecule has 0 aliphatic carbocycles. The van der Waals surface area contributed by atoms with E-state index < -0.39 is 0 Å². The maximum absolute atomic E-state index is 9.34. The Bertz CT molecular complexity index is 672. The summed E-state index contributed by atoms with van der Waals surface area (Å²) in [5.41, 5.74) is 2.54. The van der Waals surface area contributed by atoms with E-state index in [4.69, 9.17) is 0 Å². The first-order valence-corrected chi connectivity index (χ1v) is 7.58. The highest BCUT2D eigenvalue weighted by Gasteiger charge is 2.30. The number of piperazine rings is 1. The second-order valence-corrected chi connectivity index (χ2v) is 5.52. The lowest BCUT2D eigenvalue weighted by Crippen LogP contribution is -2.49. The average molecular weight is 296 g/mol. The number of nitriles is 1. The topological polar surface area (TPSA) is 71.8 Å². The third-order valence-electron chi connectivity index (χ3n) is 4.21. The quantitative estimate of drug-likeness (QED) is 0.936. The van der Waals surface area contributed by atoms with Crippen LogP contribution >= 0.6 is 0 Å². The second kappa shape index (κ2) is 6.16. The molecule has 2 aromatic rings. The van der Waals surface area contributed by atoms with Gasteiger partial charge in [0.05, 0.1) is 17.3 Å². The van der Waals surface area contributed by atoms with E-state index in [-0.39, 0.29) is 6.04 Å². The molecular weight excluding hydrogens is 276 g/mol. The van der Waals surface area contributed by atoms with Gasteiger partial charge in [-0.15, -0.1) is 0 Å². The van der Waals surface area contributed by atoms with E-state index in [0.29, 0.717) is 5.56 Å². The summed E-state index contributed by atoms with van der Waals surface area (Å²) in [5.74, 6) is 0.982. The van der Waals surface area contributed by atoms with Gasteiger partial charge >= 0.3 is 0 Å². The maximum Gasteiger partial charge on any atom is 0.125 e. The molecule has 0 aromatic carbocycles. The highest BCUT2D eigenvalue weighted by molar-refractivity contribution is 5.59. The Morgan fingerprint density at radius 1 is 1.41 bits per heavy atom. The molecule has 6 nitrogen and oxygen atoms in total. The van der Waals surface area contributed by atoms with Gasteiger partial charge in [-0.3, -0.25) is 9.88 Å². The van der Waals surface area contributed by atoms with Crippen LogP contribution in [0.3, 0.4) is 0 Å². The minimum absolute atomic E-state index is 0.216. The summed E-state index contributed by atoms with van der Waals surface area (Å²) in [7, 11) is 0. The van der Waals surface area contributed by atoms with Gasteiger partial charge < -0.3 is 9.88 Å². The molecular formula is C16H20N6. The number of aromatic nitrogens is 3. The number of imidazole rings is 1. The third kappa shape index (κ3) is 2.68. The maximum atomic E-state index is 9.34. The normalized spacial score (nSPS) is 19.1. The van der Waals surface area contributed by atoms with Crippen molar-refractivity contribution in [3.8, 4) is 6.07 Å². The summed E-state index contributed by atoms with van der Waals surface area (Å²) in [4.78, 5) is 16.6. The predicted molar refractivity (Wildman–Crippen MR) is 84.5 cm³/mol. The number of anilines is 1. The summed E-state index contributed by atoms with van der Waals surface area (Å²) < 4.78 is 0. The van der Waals surface area contributed by atoms with Gasteiger partial charge in [-0.1, -0.05) is 6.92 Å². The highest BCUT2D eigenvalue weighted by atomic mass is 15.3. The predicted octanol–water partition coefficient (Wildman–Crippen LogP) is 1.87. The van der Waals surface area contributed by atoms with E-state index in [0.717, 1.165) is 43.4 Å². The fourth-order valence-electron chi connectivity index (χ4n) is 3.03. The monoisotopic (exact) mass is 296 g/mol. The molecule has 0 saturated carbocycles. The standard InChI is InChI=1S/C16H20N6/c1-3-21-6-7-22(11-15(21)16-18-4-5-19-16)14-8-12(2)20-10-13(14)9-17/h4-5,8,10,15H,3,6-7,11H2,1-2H3,(H,18,19)/t15-/m1/s1. The molecule has 1 N–H and O–H groups in total. The van der Waals surface area contributed by atoms with Crippen LogP contribution in [0.5, 0.6) is 0 Å². The molecule has 6 heteroatoms. The smallest absolute Gasteiger partial charge is 0.125 e. The summed E-state index contributed by atoms with van der Waals surface area (Å²) in [5, 5.41) is 9.34. The second-order valence-electron chi connectivity index (χ2n) is 5.52. The fraction of sp³-hybridized carbons (Fsp3) is 0.438. The van der Waals surface area contributed by atoms with Gasteiger partial charge in [-0.2, -0.15) is 5.26 Å². The van der Waals surface area contributed by atoms with Crippen molar-refractivity contribution in [3.05, 3.63) is 41.7 Å². The molecule has 22 heavy (non-hydrogen) atoms. The Balaban J connectivity index is 1.91. The van der Waals surface area contributed by atoms with Crippen molar-refractivity contribution in [2.45, 2.75) is 19.9 Å². The summed E-state index contributed by atoms with van der Waals surface area (Å²) in [6.45, 7) is 7.79. The number of likely N-dealkylation sites (N-methyl/N-ethyl adjacent to an activating group) is 1. The van der Waals surface area contributed by atoms with Crippen molar-refractivity contribution in [2.75, 3.05) is 31.1 Å². The molecule has 1 aliphatic heterocycles. The zero-order valence-corrected chi connectivity index (χ0v) is 13.0. The number of H-pyrrole nitrogens is 1. The molecule has 0 unspecified atom stereocenters. The molecule has 1 aliphatic rings. The van der Waals surface area contributed by atoms with Crippen LogP contribution in [-0.4, -0.2) is 46.0 Å². The molecule has 0 amide bonds. The van der Waals surface area contributed by atoms with E-state index in [1.54, 1.807) is 12.4 Å². The van der Waals surface area contributed by atoms with Gasteiger partial charge in [0.15, 0.2) is 0 Å². The lowest BCUT2D eigenvalue weighted by molar-refractivity contribution is 0.180. The van der Waals surface area contributed by atoms with Crippen molar-refractivity contribution in [2.24, 2.45) is 0 Å². The van der Waals surface area contributed by atoms with Crippen molar-refractivity contribution >= 4 is 5.69 Å². The van der Waals surface area contributed by atoms with Gasteiger partial charge in [-0.05, 0) is 19.5 Å². The van der Waals surface area contributed by atoms with Crippen molar-refractivity contribution < 1.29 is 0 Å². The van der Waals surface area contributed by atoms with Gasteiger partial charge in [0, 0.05) is 43.9 Å². The SMILES string of the molecule is CCN1CCN(c2cc(C)ncc2C#N)C[C@@H]1c1ncc[nH]1. The number of pyridine rings is 1. The fourth-order valence-corrected chi connectivity index (χ4v) is 3.03. The van der Waals surface area contributed by atoms with Crippen LogP contribution in [0.15, 0.2) is 24.7 Å². The van der Waals surface area contributed by atoms with Gasteiger partial charge in [0.25, 0.3) is 0 Å². The molecule has 0 bridgehead atoms. The summed E-state index contributed by atoms with van der Waals surface area (Å²) in [6.07, 6.45) is 5.32. The van der Waals surface area contributed by atoms with E-state index in [2.05, 4.69) is 37.7 Å². The molecule has 3 rings (SSSR count). The molecule has 1 fully saturated rings. The van der Waals surface area contributed by atoms with E-state index in [1.807, 2.05) is 19.2 Å². The van der Waals surface area contributed by atoms with Crippen LogP contribution in [0, 0.1) is 18.3 Å². The lowest BCUT2D eigenvalue weighted by atomic mass is 10.1. The Morgan fingerprint density at radius 2 is 2.27 bits per heavy atom. The number of nitrogens with zero attached hydrogens (tertiary/aromatic N) is 5. The first-order chi connectivity index (χ1) is 10.7. The van der Waals surface area contributed by atoms with E-state index in [9.17, 15) is 5.26 Å². The Morgan fingerprint density at radius 3 is 2.95 bits per heavy atom. The number of aryl methyl sites for hydroxylation is 1. The van der Waals surface area contributed by atoms with Crippen LogP contribution in [0.1, 0.15) is 30.0 Å². The number of nitrogens with one attached hydrogen (secondary N) is 1. The van der Waals surface area contributed by atoms with Crippen molar-refractivity contribution in [1.82, 2.24) is 19.9 Å². The average Bonchev–Trinajstić information content (AvgIpc) is 3.08. The Labute approximate surface area is 130 Å². The van der Waals surface area contributed by atoms with Crippen LogP contribution in [0.4, 0.5) is 5.69 Å². The van der Waals surface area contributed by atoms with Crippen LogP contribution in [0.25, 0.3) is 0 Å². The first-order valence-electron chi connectivity index (χ1n) is 7.58. The number of aromatic amines is 1. The molecule has 0 spiro atoms. The number of hydrogen-bond acceptors (Lipinski definition) is 5. The van der Waals surface area contributed by atoms with Crippen LogP contribution < -0.4 is 4.90 Å².